The SMILES string of the molecule is COCCOc1ccccc1/C(C)=C/CCCl. The number of allylic oxidation sites excluding steroid dienone is 2. The van der Waals surface area contributed by atoms with Crippen molar-refractivity contribution in [2.45, 2.75) is 13.3 Å². The summed E-state index contributed by atoms with van der Waals surface area (Å²) in [7, 11) is 1.67. The zero-order valence-corrected chi connectivity index (χ0v) is 11.2. The standard InChI is InChI=1S/C14H19ClO2/c1-12(6-5-9-15)13-7-3-4-8-14(13)17-11-10-16-2/h3-4,6-8H,5,9-11H2,1-2H3/b12-6+. The summed E-state index contributed by atoms with van der Waals surface area (Å²) in [6, 6.07) is 8.02. The van der Waals surface area contributed by atoms with Crippen LogP contribution >= 0.6 is 11.6 Å². The van der Waals surface area contributed by atoms with Crippen LogP contribution in [-0.4, -0.2) is 26.2 Å². The number of rotatable bonds is 7. The molecule has 1 aromatic carbocycles. The highest BCUT2D eigenvalue weighted by Gasteiger charge is 2.04. The van der Waals surface area contributed by atoms with Gasteiger partial charge in [0.1, 0.15) is 12.4 Å². The average Bonchev–Trinajstić information content (AvgIpc) is 2.37. The lowest BCUT2D eigenvalue weighted by molar-refractivity contribution is 0.146. The summed E-state index contributed by atoms with van der Waals surface area (Å²) < 4.78 is 10.7. The van der Waals surface area contributed by atoms with Crippen molar-refractivity contribution in [3.8, 4) is 5.75 Å². The molecule has 0 amide bonds. The molecule has 0 unspecified atom stereocenters. The van der Waals surface area contributed by atoms with E-state index in [1.54, 1.807) is 7.11 Å². The predicted octanol–water partition coefficient (Wildman–Crippen LogP) is 3.74. The Hall–Kier alpha value is -0.990. The maximum absolute atomic E-state index is 5.68. The Labute approximate surface area is 108 Å². The predicted molar refractivity (Wildman–Crippen MR) is 72.8 cm³/mol. The maximum Gasteiger partial charge on any atom is 0.126 e. The minimum Gasteiger partial charge on any atom is -0.491 e. The fourth-order valence-electron chi connectivity index (χ4n) is 1.53. The molecular weight excluding hydrogens is 236 g/mol. The maximum atomic E-state index is 5.68. The van der Waals surface area contributed by atoms with Gasteiger partial charge in [0, 0.05) is 18.6 Å². The van der Waals surface area contributed by atoms with Gasteiger partial charge in [0.25, 0.3) is 0 Å². The second-order valence-corrected chi connectivity index (χ2v) is 4.08. The van der Waals surface area contributed by atoms with Gasteiger partial charge in [-0.25, -0.2) is 0 Å². The van der Waals surface area contributed by atoms with Gasteiger partial charge in [0.05, 0.1) is 6.61 Å². The van der Waals surface area contributed by atoms with Gasteiger partial charge in [-0.1, -0.05) is 24.3 Å². The van der Waals surface area contributed by atoms with Crippen molar-refractivity contribution in [2.75, 3.05) is 26.2 Å². The van der Waals surface area contributed by atoms with Crippen molar-refractivity contribution in [2.24, 2.45) is 0 Å². The van der Waals surface area contributed by atoms with E-state index in [1.807, 2.05) is 18.2 Å². The van der Waals surface area contributed by atoms with Crippen molar-refractivity contribution in [1.82, 2.24) is 0 Å². The Balaban J connectivity index is 2.76. The molecule has 0 saturated heterocycles. The molecule has 0 saturated carbocycles. The summed E-state index contributed by atoms with van der Waals surface area (Å²) in [4.78, 5) is 0. The molecule has 0 radical (unpaired) electrons. The molecule has 0 aliphatic carbocycles. The van der Waals surface area contributed by atoms with Gasteiger partial charge in [-0.2, -0.15) is 0 Å². The number of ether oxygens (including phenoxy) is 2. The Kier molecular flexibility index (Phi) is 6.75. The van der Waals surface area contributed by atoms with Crippen LogP contribution in [0.15, 0.2) is 30.3 Å². The molecule has 3 heteroatoms. The highest BCUT2D eigenvalue weighted by atomic mass is 35.5. The third-order valence-electron chi connectivity index (χ3n) is 2.42. The Morgan fingerprint density at radius 1 is 1.29 bits per heavy atom. The first-order valence-corrected chi connectivity index (χ1v) is 6.27. The zero-order chi connectivity index (χ0) is 12.5. The first kappa shape index (κ1) is 14.1. The normalized spacial score (nSPS) is 11.6. The topological polar surface area (TPSA) is 18.5 Å². The third kappa shape index (κ3) is 4.80. The summed E-state index contributed by atoms with van der Waals surface area (Å²) in [5.41, 5.74) is 2.31. The molecule has 0 aliphatic rings. The molecule has 2 nitrogen and oxygen atoms in total. The van der Waals surface area contributed by atoms with Crippen molar-refractivity contribution in [1.29, 1.82) is 0 Å². The van der Waals surface area contributed by atoms with Gasteiger partial charge in [-0.15, -0.1) is 11.6 Å². The summed E-state index contributed by atoms with van der Waals surface area (Å²) in [6.07, 6.45) is 3.01. The third-order valence-corrected chi connectivity index (χ3v) is 2.63. The summed E-state index contributed by atoms with van der Waals surface area (Å²) >= 11 is 5.68. The van der Waals surface area contributed by atoms with Crippen LogP contribution in [0, 0.1) is 0 Å². The van der Waals surface area contributed by atoms with Crippen molar-refractivity contribution in [3.63, 3.8) is 0 Å². The molecule has 0 heterocycles. The number of halogens is 1. The van der Waals surface area contributed by atoms with Crippen molar-refractivity contribution < 1.29 is 9.47 Å². The lowest BCUT2D eigenvalue weighted by Gasteiger charge is -2.11. The first-order chi connectivity index (χ1) is 8.29. The smallest absolute Gasteiger partial charge is 0.126 e. The summed E-state index contributed by atoms with van der Waals surface area (Å²) in [5.74, 6) is 1.54. The van der Waals surface area contributed by atoms with Crippen molar-refractivity contribution in [3.05, 3.63) is 35.9 Å². The Morgan fingerprint density at radius 3 is 2.76 bits per heavy atom. The van der Waals surface area contributed by atoms with Crippen LogP contribution in [0.2, 0.25) is 0 Å². The number of methoxy groups -OCH3 is 1. The van der Waals surface area contributed by atoms with Gasteiger partial charge >= 0.3 is 0 Å². The molecular formula is C14H19ClO2. The van der Waals surface area contributed by atoms with Crippen LogP contribution in [0.3, 0.4) is 0 Å². The summed E-state index contributed by atoms with van der Waals surface area (Å²) in [5, 5.41) is 0. The number of benzene rings is 1. The Morgan fingerprint density at radius 2 is 2.06 bits per heavy atom. The molecule has 0 aliphatic heterocycles. The minimum atomic E-state index is 0.566. The van der Waals surface area contributed by atoms with E-state index in [0.717, 1.165) is 17.7 Å². The second-order valence-electron chi connectivity index (χ2n) is 3.70. The van der Waals surface area contributed by atoms with E-state index in [9.17, 15) is 0 Å². The molecule has 1 aromatic rings. The second kappa shape index (κ2) is 8.15. The fraction of sp³-hybridized carbons (Fsp3) is 0.429. The highest BCUT2D eigenvalue weighted by Crippen LogP contribution is 2.25. The first-order valence-electron chi connectivity index (χ1n) is 5.73. The molecule has 94 valence electrons. The van der Waals surface area contributed by atoms with E-state index in [0.29, 0.717) is 19.1 Å². The van der Waals surface area contributed by atoms with E-state index >= 15 is 0 Å². The number of hydrogen-bond donors (Lipinski definition) is 0. The number of para-hydroxylation sites is 1. The molecule has 0 N–H and O–H groups in total. The van der Waals surface area contributed by atoms with Gasteiger partial charge in [-0.05, 0) is 25.0 Å². The van der Waals surface area contributed by atoms with E-state index in [1.165, 1.54) is 5.57 Å². The lowest BCUT2D eigenvalue weighted by atomic mass is 10.1. The van der Waals surface area contributed by atoms with E-state index in [4.69, 9.17) is 21.1 Å². The quantitative estimate of drug-likeness (QED) is 0.545. The number of alkyl halides is 1. The zero-order valence-electron chi connectivity index (χ0n) is 10.4. The molecule has 0 aromatic heterocycles. The minimum absolute atomic E-state index is 0.566. The van der Waals surface area contributed by atoms with Crippen LogP contribution < -0.4 is 4.74 Å². The van der Waals surface area contributed by atoms with Crippen LogP contribution in [-0.2, 0) is 4.74 Å². The molecule has 0 bridgehead atoms. The van der Waals surface area contributed by atoms with Gasteiger partial charge < -0.3 is 9.47 Å². The van der Waals surface area contributed by atoms with Gasteiger partial charge in [0.2, 0.25) is 0 Å². The van der Waals surface area contributed by atoms with Crippen LogP contribution in [0.1, 0.15) is 18.9 Å². The average molecular weight is 255 g/mol. The fourth-order valence-corrected chi connectivity index (χ4v) is 1.64. The highest BCUT2D eigenvalue weighted by molar-refractivity contribution is 6.17. The largest absolute Gasteiger partial charge is 0.491 e. The molecule has 1 rings (SSSR count). The van der Waals surface area contributed by atoms with Crippen LogP contribution in [0.25, 0.3) is 5.57 Å². The molecule has 17 heavy (non-hydrogen) atoms. The molecule has 0 spiro atoms. The number of hydrogen-bond acceptors (Lipinski definition) is 2. The van der Waals surface area contributed by atoms with Crippen LogP contribution in [0.4, 0.5) is 0 Å². The van der Waals surface area contributed by atoms with E-state index in [-0.39, 0.29) is 0 Å². The molecule has 0 fully saturated rings. The summed E-state index contributed by atoms with van der Waals surface area (Å²) in [6.45, 7) is 3.24. The van der Waals surface area contributed by atoms with Crippen LogP contribution in [0.5, 0.6) is 5.75 Å². The molecule has 0 atom stereocenters. The lowest BCUT2D eigenvalue weighted by Crippen LogP contribution is -2.05. The van der Waals surface area contributed by atoms with E-state index in [2.05, 4.69) is 19.1 Å². The Bertz CT molecular complexity index is 361. The van der Waals surface area contributed by atoms with Crippen molar-refractivity contribution >= 4 is 17.2 Å². The van der Waals surface area contributed by atoms with E-state index < -0.39 is 0 Å². The van der Waals surface area contributed by atoms with Gasteiger partial charge in [0.15, 0.2) is 0 Å². The van der Waals surface area contributed by atoms with Gasteiger partial charge in [-0.3, -0.25) is 0 Å². The monoisotopic (exact) mass is 254 g/mol.